The molecule has 0 saturated heterocycles. The first-order valence-corrected chi connectivity index (χ1v) is 9.85. The Balaban J connectivity index is 2.13. The fourth-order valence-corrected chi connectivity index (χ4v) is 2.80. The molecule has 0 aliphatic heterocycles. The first-order valence-electron chi connectivity index (χ1n) is 9.47. The zero-order valence-corrected chi connectivity index (χ0v) is 17.6. The molecule has 2 rings (SSSR count). The second kappa shape index (κ2) is 11.6. The van der Waals surface area contributed by atoms with Crippen molar-refractivity contribution < 1.29 is 23.8 Å². The Hall–Kier alpha value is -3.30. The summed E-state index contributed by atoms with van der Waals surface area (Å²) in [5.41, 5.74) is 1.35. The van der Waals surface area contributed by atoms with Crippen molar-refractivity contribution in [3.05, 3.63) is 64.2 Å². The molecule has 30 heavy (non-hydrogen) atoms. The number of nitriles is 1. The Labute approximate surface area is 180 Å². The highest BCUT2D eigenvalue weighted by Gasteiger charge is 2.14. The standard InChI is InChI=1S/C23H22ClNO5/c1-3-28-21-14-17(12-18(15-25)23(27)29-4-2)8-10-20(21)30-22(26)11-9-16-6-5-7-19(24)13-16/h5-8,10,12-14H,3-4,9,11H2,1-2H3/b18-12+. The van der Waals surface area contributed by atoms with Crippen LogP contribution in [0.2, 0.25) is 5.02 Å². The first kappa shape index (κ1) is 23.0. The van der Waals surface area contributed by atoms with Gasteiger partial charge in [-0.05, 0) is 61.7 Å². The summed E-state index contributed by atoms with van der Waals surface area (Å²) in [5, 5.41) is 9.79. The van der Waals surface area contributed by atoms with Gasteiger partial charge in [-0.15, -0.1) is 0 Å². The molecule has 6 nitrogen and oxygen atoms in total. The van der Waals surface area contributed by atoms with E-state index in [9.17, 15) is 14.9 Å². The summed E-state index contributed by atoms with van der Waals surface area (Å²) in [6, 6.07) is 13.9. The molecule has 156 valence electrons. The number of hydrogen-bond acceptors (Lipinski definition) is 6. The van der Waals surface area contributed by atoms with E-state index in [1.807, 2.05) is 18.2 Å². The Morgan fingerprint density at radius 1 is 1.10 bits per heavy atom. The average Bonchev–Trinajstić information content (AvgIpc) is 2.72. The van der Waals surface area contributed by atoms with E-state index >= 15 is 0 Å². The first-order chi connectivity index (χ1) is 14.5. The van der Waals surface area contributed by atoms with E-state index in [2.05, 4.69) is 0 Å². The summed E-state index contributed by atoms with van der Waals surface area (Å²) < 4.78 is 15.9. The Morgan fingerprint density at radius 3 is 2.57 bits per heavy atom. The van der Waals surface area contributed by atoms with Gasteiger partial charge < -0.3 is 14.2 Å². The highest BCUT2D eigenvalue weighted by molar-refractivity contribution is 6.30. The molecule has 0 atom stereocenters. The molecular formula is C23H22ClNO5. The second-order valence-electron chi connectivity index (χ2n) is 6.13. The molecular weight excluding hydrogens is 406 g/mol. The molecule has 0 aliphatic carbocycles. The minimum absolute atomic E-state index is 0.134. The highest BCUT2D eigenvalue weighted by atomic mass is 35.5. The summed E-state index contributed by atoms with van der Waals surface area (Å²) in [6.07, 6.45) is 2.06. The van der Waals surface area contributed by atoms with Crippen molar-refractivity contribution in [3.8, 4) is 17.6 Å². The number of carbonyl (C=O) groups is 2. The van der Waals surface area contributed by atoms with E-state index in [1.165, 1.54) is 6.08 Å². The number of esters is 2. The van der Waals surface area contributed by atoms with Crippen LogP contribution in [0.1, 0.15) is 31.4 Å². The smallest absolute Gasteiger partial charge is 0.348 e. The zero-order chi connectivity index (χ0) is 21.9. The molecule has 0 N–H and O–H groups in total. The minimum atomic E-state index is -0.700. The molecule has 7 heteroatoms. The maximum absolute atomic E-state index is 12.3. The van der Waals surface area contributed by atoms with Crippen LogP contribution in [-0.4, -0.2) is 25.2 Å². The van der Waals surface area contributed by atoms with Gasteiger partial charge in [-0.3, -0.25) is 4.79 Å². The molecule has 0 aromatic heterocycles. The van der Waals surface area contributed by atoms with Gasteiger partial charge in [0, 0.05) is 11.4 Å². The number of carbonyl (C=O) groups excluding carboxylic acids is 2. The molecule has 0 heterocycles. The quantitative estimate of drug-likeness (QED) is 0.248. The van der Waals surface area contributed by atoms with Gasteiger partial charge in [0.15, 0.2) is 11.5 Å². The van der Waals surface area contributed by atoms with E-state index in [-0.39, 0.29) is 24.4 Å². The van der Waals surface area contributed by atoms with Crippen LogP contribution >= 0.6 is 11.6 Å². The van der Waals surface area contributed by atoms with Crippen LogP contribution in [-0.2, 0) is 20.7 Å². The lowest BCUT2D eigenvalue weighted by atomic mass is 10.1. The molecule has 0 fully saturated rings. The predicted octanol–water partition coefficient (Wildman–Crippen LogP) is 4.75. The van der Waals surface area contributed by atoms with Crippen LogP contribution in [0.15, 0.2) is 48.0 Å². The summed E-state index contributed by atoms with van der Waals surface area (Å²) in [5.74, 6) is -0.513. The fourth-order valence-electron chi connectivity index (χ4n) is 2.59. The van der Waals surface area contributed by atoms with Crippen molar-refractivity contribution >= 4 is 29.6 Å². The zero-order valence-electron chi connectivity index (χ0n) is 16.8. The third-order valence-electron chi connectivity index (χ3n) is 3.93. The Morgan fingerprint density at radius 2 is 1.90 bits per heavy atom. The number of benzene rings is 2. The second-order valence-corrected chi connectivity index (χ2v) is 6.57. The topological polar surface area (TPSA) is 85.6 Å². The molecule has 0 amide bonds. The fraction of sp³-hybridized carbons (Fsp3) is 0.261. The van der Waals surface area contributed by atoms with Crippen molar-refractivity contribution in [1.82, 2.24) is 0 Å². The van der Waals surface area contributed by atoms with Crippen molar-refractivity contribution in [2.24, 2.45) is 0 Å². The monoisotopic (exact) mass is 427 g/mol. The van der Waals surface area contributed by atoms with Crippen molar-refractivity contribution in [2.45, 2.75) is 26.7 Å². The van der Waals surface area contributed by atoms with E-state index in [0.717, 1.165) is 5.56 Å². The predicted molar refractivity (Wildman–Crippen MR) is 113 cm³/mol. The molecule has 0 spiro atoms. The van der Waals surface area contributed by atoms with Gasteiger partial charge in [0.1, 0.15) is 11.6 Å². The summed E-state index contributed by atoms with van der Waals surface area (Å²) in [7, 11) is 0. The SMILES string of the molecule is CCOC(=O)/C(C#N)=C/c1ccc(OC(=O)CCc2cccc(Cl)c2)c(OCC)c1. The lowest BCUT2D eigenvalue weighted by molar-refractivity contribution is -0.138. The number of halogens is 1. The minimum Gasteiger partial charge on any atom is -0.490 e. The summed E-state index contributed by atoms with van der Waals surface area (Å²) >= 11 is 5.96. The molecule has 0 aliphatic rings. The van der Waals surface area contributed by atoms with Crippen LogP contribution in [0.4, 0.5) is 0 Å². The van der Waals surface area contributed by atoms with Gasteiger partial charge in [-0.25, -0.2) is 4.79 Å². The van der Waals surface area contributed by atoms with Crippen molar-refractivity contribution in [1.29, 1.82) is 5.26 Å². The number of rotatable bonds is 9. The maximum atomic E-state index is 12.3. The molecule has 2 aromatic rings. The number of aryl methyl sites for hydroxylation is 1. The summed E-state index contributed by atoms with van der Waals surface area (Å²) in [6.45, 7) is 3.98. The van der Waals surface area contributed by atoms with Crippen LogP contribution in [0.3, 0.4) is 0 Å². The number of hydrogen-bond donors (Lipinski definition) is 0. The van der Waals surface area contributed by atoms with Gasteiger partial charge in [0.2, 0.25) is 0 Å². The lowest BCUT2D eigenvalue weighted by Crippen LogP contribution is -2.10. The van der Waals surface area contributed by atoms with Crippen LogP contribution < -0.4 is 9.47 Å². The maximum Gasteiger partial charge on any atom is 0.348 e. The largest absolute Gasteiger partial charge is 0.490 e. The Bertz CT molecular complexity index is 978. The van der Waals surface area contributed by atoms with E-state index in [1.54, 1.807) is 44.2 Å². The molecule has 0 bridgehead atoms. The lowest BCUT2D eigenvalue weighted by Gasteiger charge is -2.12. The van der Waals surface area contributed by atoms with Gasteiger partial charge in [0.25, 0.3) is 0 Å². The normalized spacial score (nSPS) is 10.8. The third-order valence-corrected chi connectivity index (χ3v) is 4.16. The molecule has 2 aromatic carbocycles. The van der Waals surface area contributed by atoms with Crippen LogP contribution in [0.5, 0.6) is 11.5 Å². The highest BCUT2D eigenvalue weighted by Crippen LogP contribution is 2.30. The van der Waals surface area contributed by atoms with E-state index < -0.39 is 11.9 Å². The van der Waals surface area contributed by atoms with Crippen LogP contribution in [0, 0.1) is 11.3 Å². The van der Waals surface area contributed by atoms with Gasteiger partial charge in [-0.1, -0.05) is 29.8 Å². The van der Waals surface area contributed by atoms with Gasteiger partial charge in [-0.2, -0.15) is 5.26 Å². The van der Waals surface area contributed by atoms with Crippen molar-refractivity contribution in [3.63, 3.8) is 0 Å². The molecule has 0 saturated carbocycles. The molecule has 0 unspecified atom stereocenters. The molecule has 0 radical (unpaired) electrons. The van der Waals surface area contributed by atoms with E-state index in [4.69, 9.17) is 25.8 Å². The summed E-state index contributed by atoms with van der Waals surface area (Å²) in [4.78, 5) is 24.1. The van der Waals surface area contributed by atoms with Gasteiger partial charge >= 0.3 is 11.9 Å². The third kappa shape index (κ3) is 6.94. The number of ether oxygens (including phenoxy) is 3. The van der Waals surface area contributed by atoms with Gasteiger partial charge in [0.05, 0.1) is 13.2 Å². The van der Waals surface area contributed by atoms with E-state index in [0.29, 0.717) is 29.4 Å². The van der Waals surface area contributed by atoms with Crippen LogP contribution in [0.25, 0.3) is 6.08 Å². The van der Waals surface area contributed by atoms with Crippen molar-refractivity contribution in [2.75, 3.05) is 13.2 Å². The number of nitrogens with zero attached hydrogens (tertiary/aromatic N) is 1. The average molecular weight is 428 g/mol. The Kier molecular flexibility index (Phi) is 8.92.